The normalized spacial score (nSPS) is 15.5. The third kappa shape index (κ3) is 3.94. The molecule has 0 heterocycles. The lowest BCUT2D eigenvalue weighted by Crippen LogP contribution is -2.51. The van der Waals surface area contributed by atoms with E-state index in [1.807, 2.05) is 4.72 Å². The SMILES string of the molecule is CCC(C)(NS(=O)(=O)c1cccc(C(F)(F)F)c1)C(=O)O. The van der Waals surface area contributed by atoms with Gasteiger partial charge in [-0.2, -0.15) is 17.9 Å². The van der Waals surface area contributed by atoms with Gasteiger partial charge in [0.25, 0.3) is 0 Å². The van der Waals surface area contributed by atoms with Crippen molar-refractivity contribution in [2.75, 3.05) is 0 Å². The number of aliphatic carboxylic acids is 1. The van der Waals surface area contributed by atoms with Gasteiger partial charge < -0.3 is 5.11 Å². The summed E-state index contributed by atoms with van der Waals surface area (Å²) in [5.41, 5.74) is -2.92. The first kappa shape index (κ1) is 17.4. The Kier molecular flexibility index (Phi) is 4.69. The molecule has 0 aromatic heterocycles. The van der Waals surface area contributed by atoms with Crippen LogP contribution in [0.4, 0.5) is 13.2 Å². The second-order valence-corrected chi connectivity index (χ2v) is 6.30. The molecule has 2 N–H and O–H groups in total. The summed E-state index contributed by atoms with van der Waals surface area (Å²) in [5, 5.41) is 9.02. The van der Waals surface area contributed by atoms with Gasteiger partial charge in [-0.05, 0) is 31.5 Å². The van der Waals surface area contributed by atoms with Crippen LogP contribution in [0.25, 0.3) is 0 Å². The summed E-state index contributed by atoms with van der Waals surface area (Å²) in [4.78, 5) is 10.4. The van der Waals surface area contributed by atoms with Crippen LogP contribution in [-0.2, 0) is 21.0 Å². The first-order valence-corrected chi connectivity index (χ1v) is 7.35. The zero-order chi connectivity index (χ0) is 16.5. The minimum Gasteiger partial charge on any atom is -0.480 e. The molecule has 0 saturated carbocycles. The number of hydrogen-bond acceptors (Lipinski definition) is 3. The number of carboxylic acid groups (broad SMARTS) is 1. The molecule has 0 aliphatic rings. The van der Waals surface area contributed by atoms with E-state index in [0.717, 1.165) is 25.1 Å². The van der Waals surface area contributed by atoms with Gasteiger partial charge >= 0.3 is 12.1 Å². The molecule has 1 atom stereocenters. The number of alkyl halides is 3. The lowest BCUT2D eigenvalue weighted by molar-refractivity contribution is -0.143. The highest BCUT2D eigenvalue weighted by Gasteiger charge is 2.37. The highest BCUT2D eigenvalue weighted by molar-refractivity contribution is 7.89. The molecule has 0 fully saturated rings. The van der Waals surface area contributed by atoms with Crippen LogP contribution in [0.2, 0.25) is 0 Å². The quantitative estimate of drug-likeness (QED) is 0.869. The van der Waals surface area contributed by atoms with Crippen LogP contribution in [0, 0.1) is 0 Å². The molecule has 0 saturated heterocycles. The topological polar surface area (TPSA) is 83.5 Å². The molecule has 0 radical (unpaired) electrons. The first-order chi connectivity index (χ1) is 9.42. The van der Waals surface area contributed by atoms with Gasteiger partial charge in [0, 0.05) is 0 Å². The fourth-order valence-electron chi connectivity index (χ4n) is 1.46. The van der Waals surface area contributed by atoms with Crippen molar-refractivity contribution < 1.29 is 31.5 Å². The maximum Gasteiger partial charge on any atom is 0.416 e. The second kappa shape index (κ2) is 5.64. The van der Waals surface area contributed by atoms with Crippen LogP contribution >= 0.6 is 0 Å². The predicted molar refractivity (Wildman–Crippen MR) is 68.1 cm³/mol. The summed E-state index contributed by atoms with van der Waals surface area (Å²) in [5.74, 6) is -1.42. The van der Waals surface area contributed by atoms with Gasteiger partial charge in [-0.1, -0.05) is 13.0 Å². The summed E-state index contributed by atoms with van der Waals surface area (Å²) >= 11 is 0. The summed E-state index contributed by atoms with van der Waals surface area (Å²) in [6.07, 6.45) is -4.76. The van der Waals surface area contributed by atoms with Crippen molar-refractivity contribution in [3.63, 3.8) is 0 Å². The zero-order valence-electron chi connectivity index (χ0n) is 11.2. The van der Waals surface area contributed by atoms with E-state index in [9.17, 15) is 26.4 Å². The van der Waals surface area contributed by atoms with Crippen LogP contribution in [0.15, 0.2) is 29.2 Å². The number of halogens is 3. The van der Waals surface area contributed by atoms with Crippen molar-refractivity contribution in [3.05, 3.63) is 29.8 Å². The van der Waals surface area contributed by atoms with Crippen LogP contribution < -0.4 is 4.72 Å². The molecule has 0 bridgehead atoms. The fraction of sp³-hybridized carbons (Fsp3) is 0.417. The summed E-state index contributed by atoms with van der Waals surface area (Å²) in [7, 11) is -4.39. The molecule has 0 aliphatic heterocycles. The highest BCUT2D eigenvalue weighted by Crippen LogP contribution is 2.30. The molecule has 118 valence electrons. The molecule has 21 heavy (non-hydrogen) atoms. The Hall–Kier alpha value is -1.61. The van der Waals surface area contributed by atoms with Crippen molar-refractivity contribution in [3.8, 4) is 0 Å². The minimum absolute atomic E-state index is 0.0689. The van der Waals surface area contributed by atoms with Crippen molar-refractivity contribution in [2.24, 2.45) is 0 Å². The van der Waals surface area contributed by atoms with Crippen LogP contribution in [0.1, 0.15) is 25.8 Å². The Morgan fingerprint density at radius 2 is 1.90 bits per heavy atom. The van der Waals surface area contributed by atoms with Gasteiger partial charge in [-0.15, -0.1) is 0 Å². The van der Waals surface area contributed by atoms with E-state index in [1.165, 1.54) is 6.92 Å². The van der Waals surface area contributed by atoms with E-state index in [-0.39, 0.29) is 6.42 Å². The Bertz CT molecular complexity index is 642. The molecule has 1 aromatic rings. The molecular weight excluding hydrogens is 311 g/mol. The molecule has 1 aromatic carbocycles. The van der Waals surface area contributed by atoms with E-state index in [2.05, 4.69) is 0 Å². The molecule has 1 rings (SSSR count). The highest BCUT2D eigenvalue weighted by atomic mass is 32.2. The van der Waals surface area contributed by atoms with Crippen LogP contribution in [-0.4, -0.2) is 25.0 Å². The van der Waals surface area contributed by atoms with E-state index in [4.69, 9.17) is 5.11 Å². The largest absolute Gasteiger partial charge is 0.480 e. The average molecular weight is 325 g/mol. The molecule has 5 nitrogen and oxygen atoms in total. The standard InChI is InChI=1S/C12H14F3NO4S/c1-3-11(2,10(17)18)16-21(19,20)9-6-4-5-8(7-9)12(13,14)15/h4-7,16H,3H2,1-2H3,(H,17,18). The molecule has 0 amide bonds. The Balaban J connectivity index is 3.24. The monoisotopic (exact) mass is 325 g/mol. The van der Waals surface area contributed by atoms with Crippen LogP contribution in [0.5, 0.6) is 0 Å². The smallest absolute Gasteiger partial charge is 0.416 e. The number of nitrogens with one attached hydrogen (secondary N) is 1. The number of carboxylic acids is 1. The molecule has 0 aliphatic carbocycles. The molecule has 0 spiro atoms. The number of hydrogen-bond donors (Lipinski definition) is 2. The van der Waals surface area contributed by atoms with Gasteiger partial charge in [0.1, 0.15) is 5.54 Å². The number of carbonyl (C=O) groups is 1. The van der Waals surface area contributed by atoms with E-state index in [1.54, 1.807) is 0 Å². The molecule has 1 unspecified atom stereocenters. The maximum atomic E-state index is 12.6. The van der Waals surface area contributed by atoms with Gasteiger partial charge in [-0.25, -0.2) is 8.42 Å². The zero-order valence-corrected chi connectivity index (χ0v) is 12.0. The lowest BCUT2D eigenvalue weighted by Gasteiger charge is -2.24. The maximum absolute atomic E-state index is 12.6. The number of sulfonamides is 1. The second-order valence-electron chi connectivity index (χ2n) is 4.62. The minimum atomic E-state index is -4.69. The number of rotatable bonds is 5. The summed E-state index contributed by atoms with van der Waals surface area (Å²) in [6, 6.07) is 3.10. The van der Waals surface area contributed by atoms with Gasteiger partial charge in [-0.3, -0.25) is 4.79 Å². The Morgan fingerprint density at radius 1 is 1.33 bits per heavy atom. The third-order valence-electron chi connectivity index (χ3n) is 3.01. The van der Waals surface area contributed by atoms with E-state index >= 15 is 0 Å². The van der Waals surface area contributed by atoms with Gasteiger partial charge in [0.05, 0.1) is 10.5 Å². The van der Waals surface area contributed by atoms with Gasteiger partial charge in [0.2, 0.25) is 10.0 Å². The van der Waals surface area contributed by atoms with Crippen molar-refractivity contribution in [1.29, 1.82) is 0 Å². The van der Waals surface area contributed by atoms with Crippen molar-refractivity contribution in [1.82, 2.24) is 4.72 Å². The Labute approximate surface area is 119 Å². The molecular formula is C12H14F3NO4S. The summed E-state index contributed by atoms with van der Waals surface area (Å²) in [6.45, 7) is 2.59. The fourth-order valence-corrected chi connectivity index (χ4v) is 2.94. The van der Waals surface area contributed by atoms with E-state index < -0.39 is 38.2 Å². The predicted octanol–water partition coefficient (Wildman–Crippen LogP) is 2.24. The Morgan fingerprint density at radius 3 is 2.33 bits per heavy atom. The average Bonchev–Trinajstić information content (AvgIpc) is 2.37. The van der Waals surface area contributed by atoms with Crippen molar-refractivity contribution >= 4 is 16.0 Å². The summed E-state index contributed by atoms with van der Waals surface area (Å²) < 4.78 is 63.8. The van der Waals surface area contributed by atoms with E-state index in [0.29, 0.717) is 6.07 Å². The first-order valence-electron chi connectivity index (χ1n) is 5.87. The molecule has 9 heteroatoms. The van der Waals surface area contributed by atoms with Gasteiger partial charge in [0.15, 0.2) is 0 Å². The number of benzene rings is 1. The van der Waals surface area contributed by atoms with Crippen molar-refractivity contribution in [2.45, 2.75) is 36.9 Å². The third-order valence-corrected chi connectivity index (χ3v) is 4.60. The lowest BCUT2D eigenvalue weighted by atomic mass is 10.0. The van der Waals surface area contributed by atoms with Crippen LogP contribution in [0.3, 0.4) is 0 Å².